The van der Waals surface area contributed by atoms with Crippen molar-refractivity contribution in [3.63, 3.8) is 0 Å². The predicted molar refractivity (Wildman–Crippen MR) is 107 cm³/mol. The number of hydrogen-bond donors (Lipinski definition) is 2. The summed E-state index contributed by atoms with van der Waals surface area (Å²) in [5.74, 6) is 0.448. The highest BCUT2D eigenvalue weighted by molar-refractivity contribution is 7.89. The van der Waals surface area contributed by atoms with Crippen LogP contribution in [0.25, 0.3) is 0 Å². The third-order valence-corrected chi connectivity index (χ3v) is 7.41. The minimum absolute atomic E-state index is 0.0249. The van der Waals surface area contributed by atoms with Gasteiger partial charge in [0.1, 0.15) is 0 Å². The monoisotopic (exact) mass is 396 g/mol. The third kappa shape index (κ3) is 5.30. The highest BCUT2D eigenvalue weighted by Gasteiger charge is 2.34. The summed E-state index contributed by atoms with van der Waals surface area (Å²) in [6.07, 6.45) is 1.03. The van der Waals surface area contributed by atoms with Crippen LogP contribution in [0, 0.1) is 0 Å². The van der Waals surface area contributed by atoms with Gasteiger partial charge in [-0.3, -0.25) is 4.79 Å². The van der Waals surface area contributed by atoms with E-state index in [-0.39, 0.29) is 18.0 Å². The molecule has 0 unspecified atom stereocenters. The summed E-state index contributed by atoms with van der Waals surface area (Å²) in [4.78, 5) is 13.7. The van der Waals surface area contributed by atoms with E-state index < -0.39 is 10.0 Å². The summed E-state index contributed by atoms with van der Waals surface area (Å²) >= 11 is 0. The summed E-state index contributed by atoms with van der Waals surface area (Å²) < 4.78 is 27.4. The molecule has 1 fully saturated rings. The molecule has 1 heterocycles. The van der Waals surface area contributed by atoms with Gasteiger partial charge in [0.25, 0.3) is 5.91 Å². The molecule has 152 valence electrons. The molecule has 1 aromatic rings. The standard InChI is InChI=1S/C20H33N3O3S/c1-6-16(4)18-7-9-19(10-8-18)27(25,26)23-13-11-22(12-14-23)17(5)20(24)21-15(2)3/h7-10,15-17H,6,11-14H2,1-5H3,(H,21,24)/p+1/t16-,17-/m1/s1. The van der Waals surface area contributed by atoms with Crippen LogP contribution in [-0.2, 0) is 14.8 Å². The van der Waals surface area contributed by atoms with E-state index in [0.717, 1.165) is 16.9 Å². The van der Waals surface area contributed by atoms with E-state index in [2.05, 4.69) is 19.2 Å². The van der Waals surface area contributed by atoms with Gasteiger partial charge >= 0.3 is 0 Å². The number of benzene rings is 1. The average molecular weight is 397 g/mol. The first-order valence-corrected chi connectivity index (χ1v) is 11.4. The second-order valence-electron chi connectivity index (χ2n) is 7.83. The van der Waals surface area contributed by atoms with Gasteiger partial charge in [-0.25, -0.2) is 8.42 Å². The first-order chi connectivity index (χ1) is 12.7. The van der Waals surface area contributed by atoms with Gasteiger partial charge in [0.15, 0.2) is 6.04 Å². The van der Waals surface area contributed by atoms with Crippen LogP contribution in [0.2, 0.25) is 0 Å². The Kier molecular flexibility index (Phi) is 7.42. The van der Waals surface area contributed by atoms with Crippen molar-refractivity contribution in [2.75, 3.05) is 26.2 Å². The molecule has 1 saturated heterocycles. The summed E-state index contributed by atoms with van der Waals surface area (Å²) in [5, 5.41) is 2.93. The smallest absolute Gasteiger partial charge is 0.278 e. The molecule has 0 aliphatic carbocycles. The Morgan fingerprint density at radius 1 is 1.11 bits per heavy atom. The average Bonchev–Trinajstić information content (AvgIpc) is 2.66. The molecule has 0 bridgehead atoms. The molecule has 0 saturated carbocycles. The molecule has 0 spiro atoms. The van der Waals surface area contributed by atoms with Crippen molar-refractivity contribution < 1.29 is 18.1 Å². The van der Waals surface area contributed by atoms with Crippen molar-refractivity contribution in [3.8, 4) is 0 Å². The number of nitrogens with zero attached hydrogens (tertiary/aromatic N) is 1. The Balaban J connectivity index is 2.01. The normalized spacial score (nSPS) is 19.0. The van der Waals surface area contributed by atoms with Crippen molar-refractivity contribution in [3.05, 3.63) is 29.8 Å². The molecule has 6 nitrogen and oxygen atoms in total. The van der Waals surface area contributed by atoms with E-state index in [1.807, 2.05) is 32.9 Å². The topological polar surface area (TPSA) is 70.9 Å². The molecule has 27 heavy (non-hydrogen) atoms. The molecular weight excluding hydrogens is 362 g/mol. The fourth-order valence-corrected chi connectivity index (χ4v) is 4.84. The van der Waals surface area contributed by atoms with E-state index in [1.54, 1.807) is 16.4 Å². The van der Waals surface area contributed by atoms with Crippen LogP contribution in [0.1, 0.15) is 52.5 Å². The fraction of sp³-hybridized carbons (Fsp3) is 0.650. The van der Waals surface area contributed by atoms with E-state index in [4.69, 9.17) is 0 Å². The number of amides is 1. The van der Waals surface area contributed by atoms with Crippen LogP contribution in [0.4, 0.5) is 0 Å². The lowest BCUT2D eigenvalue weighted by Gasteiger charge is -2.34. The number of nitrogens with one attached hydrogen (secondary N) is 2. The van der Waals surface area contributed by atoms with Gasteiger partial charge in [0.2, 0.25) is 10.0 Å². The number of rotatable bonds is 7. The minimum Gasteiger partial charge on any atom is -0.349 e. The molecule has 7 heteroatoms. The lowest BCUT2D eigenvalue weighted by atomic mass is 9.99. The summed E-state index contributed by atoms with van der Waals surface area (Å²) in [7, 11) is -3.48. The SMILES string of the molecule is CC[C@@H](C)c1ccc(S(=O)(=O)N2CC[NH+]([C@H](C)C(=O)NC(C)C)CC2)cc1. The van der Waals surface area contributed by atoms with Gasteiger partial charge in [0.05, 0.1) is 31.1 Å². The second-order valence-corrected chi connectivity index (χ2v) is 9.76. The van der Waals surface area contributed by atoms with Crippen LogP contribution < -0.4 is 10.2 Å². The van der Waals surface area contributed by atoms with Gasteiger partial charge in [-0.15, -0.1) is 0 Å². The third-order valence-electron chi connectivity index (χ3n) is 5.50. The minimum atomic E-state index is -3.48. The summed E-state index contributed by atoms with van der Waals surface area (Å²) in [5.41, 5.74) is 1.16. The van der Waals surface area contributed by atoms with Crippen LogP contribution in [0.15, 0.2) is 29.2 Å². The highest BCUT2D eigenvalue weighted by atomic mass is 32.2. The lowest BCUT2D eigenvalue weighted by molar-refractivity contribution is -0.917. The fourth-order valence-electron chi connectivity index (χ4n) is 3.39. The largest absolute Gasteiger partial charge is 0.349 e. The Morgan fingerprint density at radius 2 is 1.67 bits per heavy atom. The molecule has 2 atom stereocenters. The van der Waals surface area contributed by atoms with Crippen molar-refractivity contribution in [1.82, 2.24) is 9.62 Å². The van der Waals surface area contributed by atoms with E-state index in [1.165, 1.54) is 0 Å². The second kappa shape index (κ2) is 9.17. The first-order valence-electron chi connectivity index (χ1n) is 9.91. The Morgan fingerprint density at radius 3 is 2.15 bits per heavy atom. The lowest BCUT2D eigenvalue weighted by Crippen LogP contribution is -3.19. The van der Waals surface area contributed by atoms with Crippen LogP contribution in [0.3, 0.4) is 0 Å². The number of sulfonamides is 1. The van der Waals surface area contributed by atoms with E-state index in [0.29, 0.717) is 37.0 Å². The summed E-state index contributed by atoms with van der Waals surface area (Å²) in [6, 6.07) is 7.21. The van der Waals surface area contributed by atoms with E-state index >= 15 is 0 Å². The maximum atomic E-state index is 12.9. The van der Waals surface area contributed by atoms with Crippen LogP contribution in [0.5, 0.6) is 0 Å². The first kappa shape index (κ1) is 21.9. The molecule has 2 rings (SSSR count). The zero-order valence-electron chi connectivity index (χ0n) is 17.2. The Bertz CT molecular complexity index is 723. The van der Waals surface area contributed by atoms with Crippen molar-refractivity contribution in [2.24, 2.45) is 0 Å². The Hall–Kier alpha value is -1.44. The van der Waals surface area contributed by atoms with Gasteiger partial charge in [-0.2, -0.15) is 4.31 Å². The molecule has 1 aromatic carbocycles. The molecule has 1 amide bonds. The highest BCUT2D eigenvalue weighted by Crippen LogP contribution is 2.22. The van der Waals surface area contributed by atoms with Crippen molar-refractivity contribution in [2.45, 2.75) is 63.9 Å². The number of carbonyl (C=O) groups is 1. The summed E-state index contributed by atoms with van der Waals surface area (Å²) in [6.45, 7) is 12.2. The van der Waals surface area contributed by atoms with E-state index in [9.17, 15) is 13.2 Å². The molecular formula is C20H34N3O3S+. The zero-order valence-corrected chi connectivity index (χ0v) is 18.0. The zero-order chi connectivity index (χ0) is 20.2. The Labute approximate surface area is 164 Å². The van der Waals surface area contributed by atoms with Gasteiger partial charge in [0, 0.05) is 6.04 Å². The molecule has 1 aliphatic heterocycles. The predicted octanol–water partition coefficient (Wildman–Crippen LogP) is 1.00. The molecule has 0 aromatic heterocycles. The van der Waals surface area contributed by atoms with Crippen LogP contribution >= 0.6 is 0 Å². The number of hydrogen-bond acceptors (Lipinski definition) is 3. The maximum Gasteiger partial charge on any atom is 0.278 e. The number of carbonyl (C=O) groups excluding carboxylic acids is 1. The van der Waals surface area contributed by atoms with Gasteiger partial charge < -0.3 is 10.2 Å². The quantitative estimate of drug-likeness (QED) is 0.722. The number of quaternary nitrogens is 1. The van der Waals surface area contributed by atoms with Crippen molar-refractivity contribution in [1.29, 1.82) is 0 Å². The molecule has 0 radical (unpaired) electrons. The number of piperazine rings is 1. The van der Waals surface area contributed by atoms with Crippen LogP contribution in [-0.4, -0.2) is 56.9 Å². The molecule has 2 N–H and O–H groups in total. The van der Waals surface area contributed by atoms with Gasteiger partial charge in [-0.1, -0.05) is 26.0 Å². The van der Waals surface area contributed by atoms with Gasteiger partial charge in [-0.05, 0) is 50.8 Å². The maximum absolute atomic E-state index is 12.9. The van der Waals surface area contributed by atoms with Crippen molar-refractivity contribution >= 4 is 15.9 Å². The molecule has 1 aliphatic rings.